The van der Waals surface area contributed by atoms with Crippen LogP contribution in [0.1, 0.15) is 5.56 Å². The van der Waals surface area contributed by atoms with Gasteiger partial charge in [-0.2, -0.15) is 5.10 Å². The molecule has 17 heavy (non-hydrogen) atoms. The highest BCUT2D eigenvalue weighted by atomic mass is 127. The number of rotatable bonds is 4. The van der Waals surface area contributed by atoms with Gasteiger partial charge in [0.25, 0.3) is 0 Å². The van der Waals surface area contributed by atoms with E-state index in [1.165, 1.54) is 11.1 Å². The lowest BCUT2D eigenvalue weighted by Gasteiger charge is -2.09. The fraction of sp³-hybridized carbons (Fsp3) is 0.182. The highest BCUT2D eigenvalue weighted by Crippen LogP contribution is 2.34. The van der Waals surface area contributed by atoms with Crippen molar-refractivity contribution in [3.05, 3.63) is 40.5 Å². The largest absolute Gasteiger partial charge is 0.380 e. The molecule has 0 aliphatic rings. The summed E-state index contributed by atoms with van der Waals surface area (Å²) in [6, 6.07) is 10.3. The van der Waals surface area contributed by atoms with Gasteiger partial charge < -0.3 is 4.74 Å². The van der Waals surface area contributed by atoms with E-state index < -0.39 is 0 Å². The van der Waals surface area contributed by atoms with Crippen molar-refractivity contribution in [1.82, 2.24) is 9.55 Å². The summed E-state index contributed by atoms with van der Waals surface area (Å²) in [7, 11) is 1.71. The number of halogens is 2. The lowest BCUT2D eigenvalue weighted by molar-refractivity contribution is 0.185. The van der Waals surface area contributed by atoms with Crippen molar-refractivity contribution < 1.29 is 4.74 Å². The molecule has 0 amide bonds. The first-order valence-electron chi connectivity index (χ1n) is 4.95. The van der Waals surface area contributed by atoms with Crippen LogP contribution in [0.25, 0.3) is 11.3 Å². The number of hydrogen-bond acceptors (Lipinski definition) is 2. The summed E-state index contributed by atoms with van der Waals surface area (Å²) in [5.74, 6) is 0. The zero-order chi connectivity index (χ0) is 12.3. The van der Waals surface area contributed by atoms with Crippen molar-refractivity contribution in [3.63, 3.8) is 0 Å². The Morgan fingerprint density at radius 1 is 1.47 bits per heavy atom. The number of methoxy groups -OCH3 is 1. The summed E-state index contributed by atoms with van der Waals surface area (Å²) in [6.45, 7) is 0.614. The third-order valence-electron chi connectivity index (χ3n) is 2.35. The van der Waals surface area contributed by atoms with E-state index in [-0.39, 0.29) is 0 Å². The molecule has 0 saturated heterocycles. The Morgan fingerprint density at radius 2 is 2.24 bits per heavy atom. The van der Waals surface area contributed by atoms with Gasteiger partial charge in [0.1, 0.15) is 4.60 Å². The van der Waals surface area contributed by atoms with Crippen molar-refractivity contribution in [2.24, 2.45) is 0 Å². The lowest BCUT2D eigenvalue weighted by atomic mass is 10.1. The number of benzene rings is 1. The molecule has 3 nitrogen and oxygen atoms in total. The van der Waals surface area contributed by atoms with Crippen LogP contribution in [0, 0.1) is 0 Å². The Hall–Kier alpha value is 0.0300. The summed E-state index contributed by atoms with van der Waals surface area (Å²) < 4.78 is 8.09. The fourth-order valence-corrected chi connectivity index (χ4v) is 3.71. The van der Waals surface area contributed by atoms with Crippen LogP contribution >= 0.6 is 44.3 Å². The van der Waals surface area contributed by atoms with E-state index in [1.807, 2.05) is 22.7 Å². The van der Waals surface area contributed by atoms with Crippen molar-refractivity contribution in [1.29, 1.82) is 0 Å². The van der Waals surface area contributed by atoms with Gasteiger partial charge >= 0.3 is 0 Å². The van der Waals surface area contributed by atoms with Crippen LogP contribution in [0.5, 0.6) is 0 Å². The van der Waals surface area contributed by atoms with Crippen LogP contribution in [0.15, 0.2) is 34.9 Å². The first-order valence-corrected chi connectivity index (χ1v) is 9.81. The van der Waals surface area contributed by atoms with Crippen LogP contribution in [0.4, 0.5) is 0 Å². The molecule has 0 aliphatic heterocycles. The summed E-state index contributed by atoms with van der Waals surface area (Å²) in [6.07, 6.45) is 0.578. The van der Waals surface area contributed by atoms with E-state index in [0.717, 1.165) is 10.3 Å². The summed E-state index contributed by atoms with van der Waals surface area (Å²) in [5.41, 5.74) is 3.48. The number of aromatic nitrogens is 2. The van der Waals surface area contributed by atoms with Crippen molar-refractivity contribution in [2.75, 3.05) is 7.11 Å². The minimum atomic E-state index is 0.578. The van der Waals surface area contributed by atoms with Gasteiger partial charge in [-0.15, -0.1) is 0 Å². The van der Waals surface area contributed by atoms with Crippen LogP contribution in [-0.2, 0) is 11.3 Å². The molecule has 2 aromatic rings. The number of ether oxygens (including phenoxy) is 1. The average molecular weight is 425 g/mol. The Kier molecular flexibility index (Phi) is 4.97. The lowest BCUT2D eigenvalue weighted by Crippen LogP contribution is -1.95. The molecule has 1 aromatic carbocycles. The van der Waals surface area contributed by atoms with Gasteiger partial charge in [-0.25, -0.2) is 4.45 Å². The zero-order valence-electron chi connectivity index (χ0n) is 9.15. The second-order valence-corrected chi connectivity index (χ2v) is 6.29. The van der Waals surface area contributed by atoms with Gasteiger partial charge in [0.05, 0.1) is 18.7 Å². The Labute approximate surface area is 123 Å². The van der Waals surface area contributed by atoms with E-state index >= 15 is 0 Å². The van der Waals surface area contributed by atoms with Crippen LogP contribution < -0.4 is 0 Å². The van der Waals surface area contributed by atoms with E-state index in [2.05, 4.69) is 55.2 Å². The highest BCUT2D eigenvalue weighted by Gasteiger charge is 2.11. The van der Waals surface area contributed by atoms with E-state index in [4.69, 9.17) is 4.74 Å². The molecule has 90 valence electrons. The maximum absolute atomic E-state index is 5.23. The third kappa shape index (κ3) is 3.08. The van der Waals surface area contributed by atoms with Gasteiger partial charge in [0, 0.05) is 12.7 Å². The molecule has 1 atom stereocenters. The number of hydrogen-bond donors (Lipinski definition) is 0. The van der Waals surface area contributed by atoms with Crippen molar-refractivity contribution >= 4 is 44.3 Å². The predicted octanol–water partition coefficient (Wildman–Crippen LogP) is 4.25. The van der Waals surface area contributed by atoms with Gasteiger partial charge in [-0.05, 0) is 49.6 Å². The molecule has 0 aliphatic carbocycles. The van der Waals surface area contributed by atoms with E-state index in [9.17, 15) is 0 Å². The summed E-state index contributed by atoms with van der Waals surface area (Å²) >= 11 is 5.75. The van der Waals surface area contributed by atoms with Crippen LogP contribution in [-0.4, -0.2) is 16.7 Å². The zero-order valence-corrected chi connectivity index (χ0v) is 13.9. The molecule has 0 radical (unpaired) electrons. The monoisotopic (exact) mass is 424 g/mol. The van der Waals surface area contributed by atoms with Crippen molar-refractivity contribution in [3.8, 4) is 11.3 Å². The predicted molar refractivity (Wildman–Crippen MR) is 83.8 cm³/mol. The molecule has 2 rings (SSSR count). The molecule has 0 saturated carbocycles. The topological polar surface area (TPSA) is 27.1 Å². The van der Waals surface area contributed by atoms with Gasteiger partial charge in [-0.3, -0.25) is 0 Å². The molecule has 0 fully saturated rings. The minimum Gasteiger partial charge on any atom is -0.380 e. The third-order valence-corrected chi connectivity index (χ3v) is 4.61. The maximum Gasteiger partial charge on any atom is 0.129 e. The Bertz CT molecular complexity index is 518. The quantitative estimate of drug-likeness (QED) is 0.542. The second-order valence-electron chi connectivity index (χ2n) is 3.44. The molecule has 6 heteroatoms. The molecule has 0 spiro atoms. The Balaban J connectivity index is 2.51. The van der Waals surface area contributed by atoms with Crippen LogP contribution in [0.2, 0.25) is 0 Å². The standard InChI is InChI=1S/C11H11BrIN2OP/c1-16-7-8-4-2-3-5-9(8)10-6-11(12)14-15(10)17-13/h2-6,17H,7H2,1H3. The maximum atomic E-state index is 5.23. The molecule has 0 bridgehead atoms. The summed E-state index contributed by atoms with van der Waals surface area (Å²) in [5, 5.41) is 4.40. The van der Waals surface area contributed by atoms with E-state index in [0.29, 0.717) is 13.0 Å². The normalized spacial score (nSPS) is 11.5. The molecular formula is C11H11BrIN2OP. The molecule has 1 aromatic heterocycles. The highest BCUT2D eigenvalue weighted by molar-refractivity contribution is 14.2. The molecular weight excluding hydrogens is 414 g/mol. The average Bonchev–Trinajstić information content (AvgIpc) is 2.71. The van der Waals surface area contributed by atoms with Gasteiger partial charge in [0.2, 0.25) is 0 Å². The first kappa shape index (κ1) is 13.5. The fourth-order valence-electron chi connectivity index (χ4n) is 1.66. The molecule has 1 heterocycles. The van der Waals surface area contributed by atoms with Gasteiger partial charge in [0.15, 0.2) is 0 Å². The SMILES string of the molecule is COCc1ccccc1-c1cc(Br)nn1PI. The minimum absolute atomic E-state index is 0.578. The molecule has 0 N–H and O–H groups in total. The smallest absolute Gasteiger partial charge is 0.129 e. The first-order chi connectivity index (χ1) is 8.26. The summed E-state index contributed by atoms with van der Waals surface area (Å²) in [4.78, 5) is 0. The number of nitrogens with zero attached hydrogens (tertiary/aromatic N) is 2. The van der Waals surface area contributed by atoms with Crippen LogP contribution in [0.3, 0.4) is 0 Å². The van der Waals surface area contributed by atoms with Gasteiger partial charge in [-0.1, -0.05) is 24.3 Å². The van der Waals surface area contributed by atoms with Crippen molar-refractivity contribution in [2.45, 2.75) is 6.61 Å². The Morgan fingerprint density at radius 3 is 2.94 bits per heavy atom. The molecule has 1 unspecified atom stereocenters. The second kappa shape index (κ2) is 6.27. The van der Waals surface area contributed by atoms with E-state index in [1.54, 1.807) is 7.11 Å².